The van der Waals surface area contributed by atoms with E-state index in [4.69, 9.17) is 5.11 Å². The molecule has 0 aliphatic carbocycles. The number of aliphatic carboxylic acids is 1. The number of hydroxylamine groups is 1. The molecule has 3 N–H and O–H groups in total. The highest BCUT2D eigenvalue weighted by molar-refractivity contribution is 5.85. The molecule has 0 fully saturated rings. The zero-order valence-corrected chi connectivity index (χ0v) is 7.86. The lowest BCUT2D eigenvalue weighted by Gasteiger charge is -2.11. The largest absolute Gasteiger partial charge is 0.479 e. The molecule has 0 heterocycles. The van der Waals surface area contributed by atoms with Crippen LogP contribution < -0.4 is 10.8 Å². The molecule has 0 aromatic carbocycles. The van der Waals surface area contributed by atoms with Gasteiger partial charge in [-0.1, -0.05) is 0 Å². The molecule has 0 aromatic rings. The van der Waals surface area contributed by atoms with Crippen molar-refractivity contribution in [2.45, 2.75) is 19.9 Å². The topological polar surface area (TPSA) is 105 Å². The highest BCUT2D eigenvalue weighted by Gasteiger charge is 2.13. The first-order valence-corrected chi connectivity index (χ1v) is 3.84. The minimum atomic E-state index is -1.20. The summed E-state index contributed by atoms with van der Waals surface area (Å²) in [5.74, 6) is -2.16. The van der Waals surface area contributed by atoms with Gasteiger partial charge in [-0.25, -0.2) is 10.3 Å². The first-order chi connectivity index (χ1) is 6.43. The number of carboxylic acid groups (broad SMARTS) is 1. The second-order valence-corrected chi connectivity index (χ2v) is 2.57. The van der Waals surface area contributed by atoms with Gasteiger partial charge in [0.05, 0.1) is 0 Å². The molecule has 0 aliphatic heterocycles. The maximum absolute atomic E-state index is 11.0. The fourth-order valence-electron chi connectivity index (χ4n) is 0.628. The minimum Gasteiger partial charge on any atom is -0.479 e. The molecule has 7 nitrogen and oxygen atoms in total. The summed E-state index contributed by atoms with van der Waals surface area (Å²) < 4.78 is 0. The number of amides is 2. The van der Waals surface area contributed by atoms with E-state index in [1.807, 2.05) is 5.48 Å². The van der Waals surface area contributed by atoms with Crippen molar-refractivity contribution >= 4 is 17.8 Å². The molecule has 0 rings (SSSR count). The van der Waals surface area contributed by atoms with Gasteiger partial charge in [0.2, 0.25) is 5.91 Å². The van der Waals surface area contributed by atoms with Crippen LogP contribution in [0.5, 0.6) is 0 Å². The van der Waals surface area contributed by atoms with Crippen LogP contribution in [0.1, 0.15) is 13.8 Å². The van der Waals surface area contributed by atoms with Gasteiger partial charge in [0.15, 0.2) is 6.61 Å². The van der Waals surface area contributed by atoms with Crippen LogP contribution in [0, 0.1) is 0 Å². The summed E-state index contributed by atoms with van der Waals surface area (Å²) in [6.45, 7) is 2.08. The van der Waals surface area contributed by atoms with Gasteiger partial charge in [-0.05, 0) is 6.92 Å². The van der Waals surface area contributed by atoms with E-state index in [0.29, 0.717) is 0 Å². The molecule has 0 saturated heterocycles. The second kappa shape index (κ2) is 5.92. The van der Waals surface area contributed by atoms with Crippen molar-refractivity contribution in [3.05, 3.63) is 0 Å². The summed E-state index contributed by atoms with van der Waals surface area (Å²) in [5.41, 5.74) is 1.88. The van der Waals surface area contributed by atoms with Gasteiger partial charge < -0.3 is 10.4 Å². The zero-order chi connectivity index (χ0) is 11.1. The van der Waals surface area contributed by atoms with Gasteiger partial charge in [0.25, 0.3) is 5.91 Å². The Balaban J connectivity index is 3.73. The molecule has 7 heteroatoms. The third-order valence-electron chi connectivity index (χ3n) is 1.18. The monoisotopic (exact) mass is 204 g/mol. The van der Waals surface area contributed by atoms with Gasteiger partial charge >= 0.3 is 5.97 Å². The molecule has 1 atom stereocenters. The standard InChI is InChI=1S/C7H12N2O5/c1-4(8-5(2)10)7(13)9-14-3-6(11)12/h4H,3H2,1-2H3,(H,8,10)(H,9,13)(H,11,12). The normalized spacial score (nSPS) is 11.6. The number of carboxylic acids is 1. The molecule has 0 saturated carbocycles. The van der Waals surface area contributed by atoms with Crippen molar-refractivity contribution in [2.24, 2.45) is 0 Å². The SMILES string of the molecule is CC(=O)NC(C)C(=O)NOCC(=O)O. The van der Waals surface area contributed by atoms with Crippen LogP contribution in [-0.2, 0) is 19.2 Å². The van der Waals surface area contributed by atoms with Crippen molar-refractivity contribution in [1.29, 1.82) is 0 Å². The van der Waals surface area contributed by atoms with Crippen LogP contribution in [0.4, 0.5) is 0 Å². The van der Waals surface area contributed by atoms with Crippen molar-refractivity contribution < 1.29 is 24.3 Å². The minimum absolute atomic E-state index is 0.356. The Kier molecular flexibility index (Phi) is 5.23. The quantitative estimate of drug-likeness (QED) is 0.480. The van der Waals surface area contributed by atoms with E-state index >= 15 is 0 Å². The maximum atomic E-state index is 11.0. The molecule has 14 heavy (non-hydrogen) atoms. The second-order valence-electron chi connectivity index (χ2n) is 2.57. The average molecular weight is 204 g/mol. The Morgan fingerprint density at radius 3 is 2.43 bits per heavy atom. The van der Waals surface area contributed by atoms with Crippen LogP contribution in [0.25, 0.3) is 0 Å². The summed E-state index contributed by atoms with van der Waals surface area (Å²) in [5, 5.41) is 10.5. The molecule has 0 spiro atoms. The molecular weight excluding hydrogens is 192 g/mol. The molecule has 1 unspecified atom stereocenters. The van der Waals surface area contributed by atoms with Gasteiger partial charge in [-0.2, -0.15) is 0 Å². The van der Waals surface area contributed by atoms with Crippen LogP contribution in [0.15, 0.2) is 0 Å². The highest BCUT2D eigenvalue weighted by Crippen LogP contribution is 1.82. The summed E-state index contributed by atoms with van der Waals surface area (Å²) >= 11 is 0. The Labute approximate surface area is 80.4 Å². The molecular formula is C7H12N2O5. The lowest BCUT2D eigenvalue weighted by atomic mass is 10.3. The van der Waals surface area contributed by atoms with E-state index in [0.717, 1.165) is 0 Å². The van der Waals surface area contributed by atoms with Crippen molar-refractivity contribution in [3.63, 3.8) is 0 Å². The van der Waals surface area contributed by atoms with Crippen molar-refractivity contribution in [2.75, 3.05) is 6.61 Å². The molecule has 0 bridgehead atoms. The summed E-state index contributed by atoms with van der Waals surface area (Å²) in [4.78, 5) is 35.8. The first kappa shape index (κ1) is 12.4. The summed E-state index contributed by atoms with van der Waals surface area (Å²) in [6.07, 6.45) is 0. The molecule has 0 aromatic heterocycles. The zero-order valence-electron chi connectivity index (χ0n) is 7.86. The van der Waals surface area contributed by atoms with Crippen molar-refractivity contribution in [1.82, 2.24) is 10.8 Å². The average Bonchev–Trinajstić information content (AvgIpc) is 2.01. The Bertz CT molecular complexity index is 240. The van der Waals surface area contributed by atoms with E-state index in [9.17, 15) is 14.4 Å². The van der Waals surface area contributed by atoms with Gasteiger partial charge in [-0.15, -0.1) is 0 Å². The summed E-state index contributed by atoms with van der Waals surface area (Å²) in [7, 11) is 0. The fourth-order valence-corrected chi connectivity index (χ4v) is 0.628. The highest BCUT2D eigenvalue weighted by atomic mass is 16.7. The van der Waals surface area contributed by atoms with Crippen LogP contribution in [0.2, 0.25) is 0 Å². The number of rotatable bonds is 5. The summed E-state index contributed by atoms with van der Waals surface area (Å²) in [6, 6.07) is -0.763. The predicted octanol–water partition coefficient (Wildman–Crippen LogP) is -1.36. The Morgan fingerprint density at radius 2 is 2.00 bits per heavy atom. The Hall–Kier alpha value is -1.63. The van der Waals surface area contributed by atoms with E-state index in [2.05, 4.69) is 10.2 Å². The van der Waals surface area contributed by atoms with Gasteiger partial charge in [0.1, 0.15) is 6.04 Å². The number of carbonyl (C=O) groups excluding carboxylic acids is 2. The maximum Gasteiger partial charge on any atom is 0.332 e. The molecule has 80 valence electrons. The van der Waals surface area contributed by atoms with E-state index < -0.39 is 24.5 Å². The lowest BCUT2D eigenvalue weighted by Crippen LogP contribution is -2.44. The number of hydrogen-bond acceptors (Lipinski definition) is 4. The molecule has 0 aliphatic rings. The van der Waals surface area contributed by atoms with Crippen LogP contribution >= 0.6 is 0 Å². The van der Waals surface area contributed by atoms with Crippen LogP contribution in [-0.4, -0.2) is 35.5 Å². The number of carbonyl (C=O) groups is 3. The molecule has 2 amide bonds. The van der Waals surface area contributed by atoms with Crippen molar-refractivity contribution in [3.8, 4) is 0 Å². The Morgan fingerprint density at radius 1 is 1.43 bits per heavy atom. The van der Waals surface area contributed by atoms with E-state index in [-0.39, 0.29) is 5.91 Å². The number of nitrogens with one attached hydrogen (secondary N) is 2. The van der Waals surface area contributed by atoms with E-state index in [1.54, 1.807) is 0 Å². The third-order valence-corrected chi connectivity index (χ3v) is 1.18. The van der Waals surface area contributed by atoms with Gasteiger partial charge in [-0.3, -0.25) is 14.4 Å². The van der Waals surface area contributed by atoms with E-state index in [1.165, 1.54) is 13.8 Å². The first-order valence-electron chi connectivity index (χ1n) is 3.84. The molecule has 0 radical (unpaired) electrons. The fraction of sp³-hybridized carbons (Fsp3) is 0.571. The predicted molar refractivity (Wildman–Crippen MR) is 45.0 cm³/mol. The third kappa shape index (κ3) is 5.95. The smallest absolute Gasteiger partial charge is 0.332 e. The number of hydrogen-bond donors (Lipinski definition) is 3. The van der Waals surface area contributed by atoms with Gasteiger partial charge in [0, 0.05) is 6.92 Å². The lowest BCUT2D eigenvalue weighted by molar-refractivity contribution is -0.150. The van der Waals surface area contributed by atoms with Crippen LogP contribution in [0.3, 0.4) is 0 Å².